The maximum atomic E-state index is 12.2. The molecule has 0 bridgehead atoms. The summed E-state index contributed by atoms with van der Waals surface area (Å²) in [5.74, 6) is 0.147. The van der Waals surface area contributed by atoms with Gasteiger partial charge in [-0.1, -0.05) is 30.3 Å². The molecular formula is C20H31N3O2. The summed E-state index contributed by atoms with van der Waals surface area (Å²) < 4.78 is 0. The fourth-order valence-electron chi connectivity index (χ4n) is 3.35. The van der Waals surface area contributed by atoms with E-state index in [9.17, 15) is 9.59 Å². The molecule has 0 radical (unpaired) electrons. The maximum absolute atomic E-state index is 12.2. The predicted octanol–water partition coefficient (Wildman–Crippen LogP) is 2.11. The molecule has 1 aliphatic rings. The molecule has 2 rings (SSSR count). The third-order valence-electron chi connectivity index (χ3n) is 4.61. The van der Waals surface area contributed by atoms with Gasteiger partial charge in [0.1, 0.15) is 0 Å². The molecule has 0 unspecified atom stereocenters. The Morgan fingerprint density at radius 3 is 2.60 bits per heavy atom. The van der Waals surface area contributed by atoms with Gasteiger partial charge in [-0.25, -0.2) is 0 Å². The summed E-state index contributed by atoms with van der Waals surface area (Å²) in [5, 5.41) is 6.04. The predicted molar refractivity (Wildman–Crippen MR) is 100 cm³/mol. The molecule has 1 aromatic carbocycles. The number of benzene rings is 1. The van der Waals surface area contributed by atoms with E-state index in [1.54, 1.807) is 0 Å². The van der Waals surface area contributed by atoms with Gasteiger partial charge in [0.2, 0.25) is 11.8 Å². The van der Waals surface area contributed by atoms with E-state index < -0.39 is 0 Å². The van der Waals surface area contributed by atoms with Gasteiger partial charge in [-0.05, 0) is 52.1 Å². The van der Waals surface area contributed by atoms with E-state index in [0.717, 1.165) is 25.8 Å². The number of hydrogen-bond donors (Lipinski definition) is 2. The van der Waals surface area contributed by atoms with Crippen LogP contribution in [0.15, 0.2) is 30.3 Å². The molecule has 138 valence electrons. The van der Waals surface area contributed by atoms with Crippen molar-refractivity contribution in [1.82, 2.24) is 15.5 Å². The Morgan fingerprint density at radius 2 is 1.92 bits per heavy atom. The van der Waals surface area contributed by atoms with Crippen LogP contribution in [0.1, 0.15) is 45.1 Å². The van der Waals surface area contributed by atoms with Crippen molar-refractivity contribution >= 4 is 11.8 Å². The molecule has 5 nitrogen and oxygen atoms in total. The molecule has 0 aliphatic carbocycles. The SMILES string of the molecule is CC(C)NC(=O)[C@@H]1C[C@@H](NC(=O)CCCCc2ccccc2)CN1C. The van der Waals surface area contributed by atoms with Crippen molar-refractivity contribution in [3.8, 4) is 0 Å². The van der Waals surface area contributed by atoms with Crippen LogP contribution in [-0.4, -0.2) is 48.4 Å². The van der Waals surface area contributed by atoms with E-state index in [1.807, 2.05) is 44.0 Å². The molecule has 1 heterocycles. The first-order chi connectivity index (χ1) is 12.0. The van der Waals surface area contributed by atoms with Crippen molar-refractivity contribution in [3.05, 3.63) is 35.9 Å². The minimum absolute atomic E-state index is 0.0529. The summed E-state index contributed by atoms with van der Waals surface area (Å²) in [5.41, 5.74) is 1.32. The van der Waals surface area contributed by atoms with Gasteiger partial charge in [-0.3, -0.25) is 14.5 Å². The van der Waals surface area contributed by atoms with Gasteiger partial charge in [0.15, 0.2) is 0 Å². The van der Waals surface area contributed by atoms with Crippen LogP contribution in [0.2, 0.25) is 0 Å². The first-order valence-electron chi connectivity index (χ1n) is 9.29. The second kappa shape index (κ2) is 9.56. The van der Waals surface area contributed by atoms with Gasteiger partial charge in [0, 0.05) is 25.0 Å². The molecule has 2 amide bonds. The highest BCUT2D eigenvalue weighted by Gasteiger charge is 2.35. The highest BCUT2D eigenvalue weighted by molar-refractivity contribution is 5.82. The van der Waals surface area contributed by atoms with Crippen LogP contribution in [0.4, 0.5) is 0 Å². The molecule has 0 aromatic heterocycles. The third kappa shape index (κ3) is 6.50. The molecule has 0 saturated carbocycles. The lowest BCUT2D eigenvalue weighted by Gasteiger charge is -2.19. The van der Waals surface area contributed by atoms with Gasteiger partial charge in [0.25, 0.3) is 0 Å². The lowest BCUT2D eigenvalue weighted by molar-refractivity contribution is -0.126. The molecule has 25 heavy (non-hydrogen) atoms. The van der Waals surface area contributed by atoms with E-state index in [0.29, 0.717) is 12.8 Å². The summed E-state index contributed by atoms with van der Waals surface area (Å²) in [6, 6.07) is 10.4. The highest BCUT2D eigenvalue weighted by Crippen LogP contribution is 2.16. The smallest absolute Gasteiger partial charge is 0.237 e. The Kier molecular flexibility index (Phi) is 7.44. The monoisotopic (exact) mass is 345 g/mol. The Hall–Kier alpha value is -1.88. The van der Waals surface area contributed by atoms with E-state index >= 15 is 0 Å². The van der Waals surface area contributed by atoms with Gasteiger partial charge in [-0.15, -0.1) is 0 Å². The van der Waals surface area contributed by atoms with Gasteiger partial charge < -0.3 is 10.6 Å². The summed E-state index contributed by atoms with van der Waals surface area (Å²) >= 11 is 0. The Morgan fingerprint density at radius 1 is 1.20 bits per heavy atom. The van der Waals surface area contributed by atoms with Crippen LogP contribution < -0.4 is 10.6 Å². The quantitative estimate of drug-likeness (QED) is 0.710. The van der Waals surface area contributed by atoms with E-state index in [2.05, 4.69) is 22.8 Å². The summed E-state index contributed by atoms with van der Waals surface area (Å²) in [7, 11) is 1.94. The first-order valence-corrected chi connectivity index (χ1v) is 9.29. The molecule has 2 atom stereocenters. The fourth-order valence-corrected chi connectivity index (χ4v) is 3.35. The molecule has 1 fully saturated rings. The third-order valence-corrected chi connectivity index (χ3v) is 4.61. The average Bonchev–Trinajstić information content (AvgIpc) is 2.92. The Bertz CT molecular complexity index is 559. The fraction of sp³-hybridized carbons (Fsp3) is 0.600. The topological polar surface area (TPSA) is 61.4 Å². The van der Waals surface area contributed by atoms with Crippen molar-refractivity contribution in [3.63, 3.8) is 0 Å². The standard InChI is InChI=1S/C20H31N3O2/c1-15(2)21-20(25)18-13-17(14-23(18)3)22-19(24)12-8-7-11-16-9-5-4-6-10-16/h4-6,9-10,15,17-18H,7-8,11-14H2,1-3H3,(H,21,25)(H,22,24)/t17-,18+/m1/s1. The molecular weight excluding hydrogens is 314 g/mol. The maximum Gasteiger partial charge on any atom is 0.237 e. The lowest BCUT2D eigenvalue weighted by atomic mass is 10.1. The molecule has 5 heteroatoms. The number of nitrogens with one attached hydrogen (secondary N) is 2. The minimum Gasteiger partial charge on any atom is -0.353 e. The van der Waals surface area contributed by atoms with Crippen molar-refractivity contribution in [1.29, 1.82) is 0 Å². The van der Waals surface area contributed by atoms with Crippen LogP contribution in [-0.2, 0) is 16.0 Å². The van der Waals surface area contributed by atoms with Crippen LogP contribution >= 0.6 is 0 Å². The summed E-state index contributed by atoms with van der Waals surface area (Å²) in [6.07, 6.45) is 4.15. The van der Waals surface area contributed by atoms with Crippen LogP contribution in [0.25, 0.3) is 0 Å². The number of unbranched alkanes of at least 4 members (excludes halogenated alkanes) is 1. The number of aryl methyl sites for hydroxylation is 1. The first kappa shape index (κ1) is 19.4. The molecule has 1 aliphatic heterocycles. The van der Waals surface area contributed by atoms with Crippen molar-refractivity contribution in [2.75, 3.05) is 13.6 Å². The number of likely N-dealkylation sites (tertiary alicyclic amines) is 1. The lowest BCUT2D eigenvalue weighted by Crippen LogP contribution is -2.43. The van der Waals surface area contributed by atoms with Crippen LogP contribution in [0, 0.1) is 0 Å². The number of hydrogen-bond acceptors (Lipinski definition) is 3. The van der Waals surface area contributed by atoms with Gasteiger partial charge in [0.05, 0.1) is 6.04 Å². The van der Waals surface area contributed by atoms with Crippen molar-refractivity contribution < 1.29 is 9.59 Å². The van der Waals surface area contributed by atoms with Crippen molar-refractivity contribution in [2.45, 2.75) is 64.1 Å². The normalized spacial score (nSPS) is 20.6. The van der Waals surface area contributed by atoms with E-state index in [-0.39, 0.29) is 29.9 Å². The molecule has 1 aromatic rings. The number of likely N-dealkylation sites (N-methyl/N-ethyl adjacent to an activating group) is 1. The van der Waals surface area contributed by atoms with E-state index in [4.69, 9.17) is 0 Å². The van der Waals surface area contributed by atoms with Crippen LogP contribution in [0.5, 0.6) is 0 Å². The van der Waals surface area contributed by atoms with Gasteiger partial charge >= 0.3 is 0 Å². The van der Waals surface area contributed by atoms with Crippen molar-refractivity contribution in [2.24, 2.45) is 0 Å². The second-order valence-corrected chi connectivity index (χ2v) is 7.31. The zero-order valence-electron chi connectivity index (χ0n) is 15.6. The molecule has 1 saturated heterocycles. The van der Waals surface area contributed by atoms with Gasteiger partial charge in [-0.2, -0.15) is 0 Å². The second-order valence-electron chi connectivity index (χ2n) is 7.31. The average molecular weight is 345 g/mol. The Labute approximate surface area is 151 Å². The number of nitrogens with zero attached hydrogens (tertiary/aromatic N) is 1. The highest BCUT2D eigenvalue weighted by atomic mass is 16.2. The largest absolute Gasteiger partial charge is 0.353 e. The van der Waals surface area contributed by atoms with Crippen LogP contribution in [0.3, 0.4) is 0 Å². The number of carbonyl (C=O) groups is 2. The number of carbonyl (C=O) groups excluding carboxylic acids is 2. The summed E-state index contributed by atoms with van der Waals surface area (Å²) in [6.45, 7) is 4.65. The number of rotatable bonds is 8. The minimum atomic E-state index is -0.147. The molecule has 2 N–H and O–H groups in total. The Balaban J connectivity index is 1.66. The summed E-state index contributed by atoms with van der Waals surface area (Å²) in [4.78, 5) is 26.3. The molecule has 0 spiro atoms. The zero-order chi connectivity index (χ0) is 18.2. The number of amides is 2. The van der Waals surface area contributed by atoms with E-state index in [1.165, 1.54) is 5.56 Å². The zero-order valence-corrected chi connectivity index (χ0v) is 15.6.